The number of hydrogen-bond donors (Lipinski definition) is 1. The number of amides is 1. The molecule has 0 radical (unpaired) electrons. The molecule has 0 aliphatic heterocycles. The number of carbonyl (C=O) groups is 1. The molecule has 2 rings (SSSR count). The fraction of sp³-hybridized carbons (Fsp3) is 0.231. The minimum Gasteiger partial charge on any atom is -0.484 e. The number of hydrogen-bond acceptors (Lipinski definition) is 4. The highest BCUT2D eigenvalue weighted by molar-refractivity contribution is 7.07. The van der Waals surface area contributed by atoms with Crippen molar-refractivity contribution in [3.63, 3.8) is 0 Å². The molecule has 0 aliphatic carbocycles. The van der Waals surface area contributed by atoms with Gasteiger partial charge in [-0.2, -0.15) is 13.2 Å². The van der Waals surface area contributed by atoms with E-state index in [1.807, 2.05) is 0 Å². The first-order valence-corrected chi connectivity index (χ1v) is 6.83. The maximum atomic E-state index is 12.0. The molecule has 0 saturated carbocycles. The molecule has 0 unspecified atom stereocenters. The van der Waals surface area contributed by atoms with Gasteiger partial charge in [0.1, 0.15) is 11.4 Å². The number of thiazole rings is 1. The summed E-state index contributed by atoms with van der Waals surface area (Å²) in [6, 6.07) is 6.03. The molecule has 2 aromatic rings. The van der Waals surface area contributed by atoms with E-state index >= 15 is 0 Å². The van der Waals surface area contributed by atoms with Crippen molar-refractivity contribution in [3.8, 4) is 5.75 Å². The van der Waals surface area contributed by atoms with Gasteiger partial charge < -0.3 is 10.1 Å². The Hall–Kier alpha value is -2.09. The van der Waals surface area contributed by atoms with E-state index < -0.39 is 12.8 Å². The zero-order valence-electron chi connectivity index (χ0n) is 10.7. The van der Waals surface area contributed by atoms with Crippen molar-refractivity contribution < 1.29 is 22.7 Å². The SMILES string of the molecule is O=C(NCc1ccc(OCC(F)(F)F)cc1)c1cscn1. The van der Waals surface area contributed by atoms with Crippen molar-refractivity contribution >= 4 is 17.2 Å². The Bertz CT molecular complexity index is 582. The number of carbonyl (C=O) groups excluding carboxylic acids is 1. The molecule has 21 heavy (non-hydrogen) atoms. The summed E-state index contributed by atoms with van der Waals surface area (Å²) >= 11 is 1.32. The molecule has 112 valence electrons. The Morgan fingerprint density at radius 1 is 1.29 bits per heavy atom. The number of ether oxygens (including phenoxy) is 1. The van der Waals surface area contributed by atoms with Crippen molar-refractivity contribution in [2.24, 2.45) is 0 Å². The van der Waals surface area contributed by atoms with Crippen LogP contribution in [0.5, 0.6) is 5.75 Å². The number of aromatic nitrogens is 1. The molecule has 0 saturated heterocycles. The third kappa shape index (κ3) is 5.07. The normalized spacial score (nSPS) is 11.2. The molecule has 1 aromatic heterocycles. The van der Waals surface area contributed by atoms with Gasteiger partial charge in [0.05, 0.1) is 5.51 Å². The Kier molecular flexibility index (Phi) is 4.79. The first-order chi connectivity index (χ1) is 9.94. The van der Waals surface area contributed by atoms with E-state index in [2.05, 4.69) is 15.0 Å². The van der Waals surface area contributed by atoms with Crippen LogP contribution < -0.4 is 10.1 Å². The van der Waals surface area contributed by atoms with Crippen LogP contribution in [0.25, 0.3) is 0 Å². The van der Waals surface area contributed by atoms with Gasteiger partial charge in [0.25, 0.3) is 5.91 Å². The van der Waals surface area contributed by atoms with Gasteiger partial charge in [0.15, 0.2) is 6.61 Å². The van der Waals surface area contributed by atoms with Crippen LogP contribution in [0.3, 0.4) is 0 Å². The highest BCUT2D eigenvalue weighted by Gasteiger charge is 2.28. The van der Waals surface area contributed by atoms with Crippen LogP contribution in [0.2, 0.25) is 0 Å². The van der Waals surface area contributed by atoms with Gasteiger partial charge in [-0.1, -0.05) is 12.1 Å². The molecular formula is C13H11F3N2O2S. The number of halogens is 3. The van der Waals surface area contributed by atoms with Gasteiger partial charge in [0, 0.05) is 11.9 Å². The van der Waals surface area contributed by atoms with Crippen LogP contribution in [0, 0.1) is 0 Å². The van der Waals surface area contributed by atoms with E-state index in [1.54, 1.807) is 23.0 Å². The minimum absolute atomic E-state index is 0.127. The Morgan fingerprint density at radius 2 is 2.00 bits per heavy atom. The van der Waals surface area contributed by atoms with Crippen LogP contribution in [0.4, 0.5) is 13.2 Å². The Balaban J connectivity index is 1.84. The third-order valence-electron chi connectivity index (χ3n) is 2.44. The second-order valence-electron chi connectivity index (χ2n) is 4.10. The zero-order chi connectivity index (χ0) is 15.3. The van der Waals surface area contributed by atoms with Gasteiger partial charge in [-0.05, 0) is 17.7 Å². The molecule has 0 spiro atoms. The van der Waals surface area contributed by atoms with Crippen molar-refractivity contribution in [2.45, 2.75) is 12.7 Å². The standard InChI is InChI=1S/C13H11F3N2O2S/c14-13(15,16)7-20-10-3-1-9(2-4-10)5-17-12(19)11-6-21-8-18-11/h1-4,6,8H,5,7H2,(H,17,19). The maximum Gasteiger partial charge on any atom is 0.422 e. The lowest BCUT2D eigenvalue weighted by atomic mass is 10.2. The van der Waals surface area contributed by atoms with E-state index in [0.29, 0.717) is 5.69 Å². The van der Waals surface area contributed by atoms with Crippen LogP contribution in [0.15, 0.2) is 35.2 Å². The lowest BCUT2D eigenvalue weighted by Crippen LogP contribution is -2.23. The first-order valence-electron chi connectivity index (χ1n) is 5.89. The Morgan fingerprint density at radius 3 is 2.57 bits per heavy atom. The quantitative estimate of drug-likeness (QED) is 0.922. The predicted octanol–water partition coefficient (Wildman–Crippen LogP) is 3.01. The molecule has 8 heteroatoms. The summed E-state index contributed by atoms with van der Waals surface area (Å²) in [7, 11) is 0. The number of rotatable bonds is 5. The van der Waals surface area contributed by atoms with E-state index in [4.69, 9.17) is 0 Å². The lowest BCUT2D eigenvalue weighted by molar-refractivity contribution is -0.153. The van der Waals surface area contributed by atoms with Crippen molar-refractivity contribution in [1.82, 2.24) is 10.3 Å². The molecule has 1 amide bonds. The molecule has 0 atom stereocenters. The van der Waals surface area contributed by atoms with Crippen molar-refractivity contribution in [1.29, 1.82) is 0 Å². The second kappa shape index (κ2) is 6.57. The average Bonchev–Trinajstić information content (AvgIpc) is 2.97. The molecule has 0 aliphatic rings. The van der Waals surface area contributed by atoms with Crippen molar-refractivity contribution in [2.75, 3.05) is 6.61 Å². The molecular weight excluding hydrogens is 305 g/mol. The summed E-state index contributed by atoms with van der Waals surface area (Å²) in [5.74, 6) is -0.171. The monoisotopic (exact) mass is 316 g/mol. The largest absolute Gasteiger partial charge is 0.484 e. The van der Waals surface area contributed by atoms with E-state index in [9.17, 15) is 18.0 Å². The van der Waals surface area contributed by atoms with Crippen molar-refractivity contribution in [3.05, 3.63) is 46.4 Å². The summed E-state index contributed by atoms with van der Waals surface area (Å²) in [6.07, 6.45) is -4.36. The Labute approximate surface area is 122 Å². The smallest absolute Gasteiger partial charge is 0.422 e. The van der Waals surface area contributed by atoms with E-state index in [-0.39, 0.29) is 18.2 Å². The lowest BCUT2D eigenvalue weighted by Gasteiger charge is -2.09. The number of benzene rings is 1. The minimum atomic E-state index is -4.36. The number of nitrogens with zero attached hydrogens (tertiary/aromatic N) is 1. The fourth-order valence-electron chi connectivity index (χ4n) is 1.47. The number of nitrogens with one attached hydrogen (secondary N) is 1. The third-order valence-corrected chi connectivity index (χ3v) is 3.03. The van der Waals surface area contributed by atoms with Crippen LogP contribution in [0.1, 0.15) is 16.1 Å². The van der Waals surface area contributed by atoms with Gasteiger partial charge in [-0.15, -0.1) is 11.3 Å². The summed E-state index contributed by atoms with van der Waals surface area (Å²) in [6.45, 7) is -1.07. The summed E-state index contributed by atoms with van der Waals surface area (Å²) in [5.41, 5.74) is 2.64. The summed E-state index contributed by atoms with van der Waals surface area (Å²) in [5, 5.41) is 4.29. The highest BCUT2D eigenvalue weighted by Crippen LogP contribution is 2.18. The molecule has 1 heterocycles. The summed E-state index contributed by atoms with van der Waals surface area (Å²) in [4.78, 5) is 15.5. The van der Waals surface area contributed by atoms with Gasteiger partial charge >= 0.3 is 6.18 Å². The van der Waals surface area contributed by atoms with Gasteiger partial charge in [-0.25, -0.2) is 4.98 Å². The van der Waals surface area contributed by atoms with Gasteiger partial charge in [0.2, 0.25) is 0 Å². The van der Waals surface area contributed by atoms with Crippen LogP contribution >= 0.6 is 11.3 Å². The average molecular weight is 316 g/mol. The topological polar surface area (TPSA) is 51.2 Å². The highest BCUT2D eigenvalue weighted by atomic mass is 32.1. The molecule has 4 nitrogen and oxygen atoms in total. The molecule has 0 fully saturated rings. The van der Waals surface area contributed by atoms with Crippen LogP contribution in [-0.2, 0) is 6.54 Å². The molecule has 1 aromatic carbocycles. The summed E-state index contributed by atoms with van der Waals surface area (Å²) < 4.78 is 40.6. The van der Waals surface area contributed by atoms with Gasteiger partial charge in [-0.3, -0.25) is 4.79 Å². The number of alkyl halides is 3. The molecule has 0 bridgehead atoms. The predicted molar refractivity (Wildman–Crippen MR) is 71.3 cm³/mol. The zero-order valence-corrected chi connectivity index (χ0v) is 11.5. The van der Waals surface area contributed by atoms with E-state index in [0.717, 1.165) is 5.56 Å². The maximum absolute atomic E-state index is 12.0. The van der Waals surface area contributed by atoms with E-state index in [1.165, 1.54) is 23.5 Å². The fourth-order valence-corrected chi connectivity index (χ4v) is 2.00. The second-order valence-corrected chi connectivity index (χ2v) is 4.82. The van der Waals surface area contributed by atoms with Crippen LogP contribution in [-0.4, -0.2) is 23.7 Å². The first kappa shape index (κ1) is 15.3. The molecule has 1 N–H and O–H groups in total.